The number of nitro groups is 1. The number of nitrogens with zero attached hydrogens (tertiary/aromatic N) is 2. The van der Waals surface area contributed by atoms with Crippen molar-refractivity contribution in [3.05, 3.63) is 100 Å². The quantitative estimate of drug-likeness (QED) is 0.447. The van der Waals surface area contributed by atoms with Gasteiger partial charge in [0.1, 0.15) is 5.75 Å². The van der Waals surface area contributed by atoms with E-state index in [4.69, 9.17) is 4.74 Å². The summed E-state index contributed by atoms with van der Waals surface area (Å²) >= 11 is 0. The monoisotopic (exact) mass is 405 g/mol. The standard InChI is InChI=1S/C23H23N3O4/c1-25(23(17-9-5-3-6-10-17)18-11-7-4-8-12-18)16-22(27)24-20-15-19(26(28)29)13-14-21(20)30-2/h3-15,23H,16H2,1-2H3,(H,24,27). The van der Waals surface area contributed by atoms with Gasteiger partial charge in [0.15, 0.2) is 0 Å². The van der Waals surface area contributed by atoms with Gasteiger partial charge in [-0.15, -0.1) is 0 Å². The number of methoxy groups -OCH3 is 1. The van der Waals surface area contributed by atoms with E-state index in [-0.39, 0.29) is 29.9 Å². The first-order chi connectivity index (χ1) is 14.5. The van der Waals surface area contributed by atoms with Gasteiger partial charge >= 0.3 is 0 Å². The lowest BCUT2D eigenvalue weighted by Crippen LogP contribution is -2.34. The lowest BCUT2D eigenvalue weighted by Gasteiger charge is -2.28. The summed E-state index contributed by atoms with van der Waals surface area (Å²) in [5, 5.41) is 13.8. The van der Waals surface area contributed by atoms with E-state index in [1.807, 2.05) is 72.6 Å². The van der Waals surface area contributed by atoms with Crippen LogP contribution in [0.5, 0.6) is 5.75 Å². The van der Waals surface area contributed by atoms with Crippen LogP contribution in [0.15, 0.2) is 78.9 Å². The van der Waals surface area contributed by atoms with Gasteiger partial charge in [-0.05, 0) is 24.2 Å². The molecule has 3 aromatic rings. The molecule has 0 unspecified atom stereocenters. The van der Waals surface area contributed by atoms with E-state index < -0.39 is 4.92 Å². The Balaban J connectivity index is 1.81. The molecule has 30 heavy (non-hydrogen) atoms. The molecule has 0 fully saturated rings. The van der Waals surface area contributed by atoms with Crippen molar-refractivity contribution in [1.82, 2.24) is 4.90 Å². The van der Waals surface area contributed by atoms with Crippen LogP contribution in [0.25, 0.3) is 0 Å². The topological polar surface area (TPSA) is 84.7 Å². The zero-order valence-electron chi connectivity index (χ0n) is 16.8. The Bertz CT molecular complexity index is 970. The van der Waals surface area contributed by atoms with Gasteiger partial charge in [-0.3, -0.25) is 19.8 Å². The van der Waals surface area contributed by atoms with Crippen molar-refractivity contribution in [3.8, 4) is 5.75 Å². The molecule has 0 spiro atoms. The molecule has 0 bridgehead atoms. The Morgan fingerprint density at radius 1 is 1.03 bits per heavy atom. The molecule has 7 nitrogen and oxygen atoms in total. The smallest absolute Gasteiger partial charge is 0.271 e. The zero-order chi connectivity index (χ0) is 21.5. The molecule has 3 aromatic carbocycles. The van der Waals surface area contributed by atoms with Crippen molar-refractivity contribution < 1.29 is 14.5 Å². The highest BCUT2D eigenvalue weighted by atomic mass is 16.6. The second-order valence-electron chi connectivity index (χ2n) is 6.83. The predicted octanol–water partition coefficient (Wildman–Crippen LogP) is 4.26. The number of benzene rings is 3. The Morgan fingerprint density at radius 2 is 1.60 bits per heavy atom. The number of rotatable bonds is 8. The number of non-ortho nitro benzene ring substituents is 1. The number of likely N-dealkylation sites (N-methyl/N-ethyl adjacent to an activating group) is 1. The minimum absolute atomic E-state index is 0.0836. The van der Waals surface area contributed by atoms with Gasteiger partial charge in [-0.25, -0.2) is 0 Å². The van der Waals surface area contributed by atoms with E-state index in [1.165, 1.54) is 25.3 Å². The molecule has 0 aliphatic rings. The molecular formula is C23H23N3O4. The average Bonchev–Trinajstić information content (AvgIpc) is 2.75. The van der Waals surface area contributed by atoms with Gasteiger partial charge < -0.3 is 10.1 Å². The van der Waals surface area contributed by atoms with E-state index in [2.05, 4.69) is 5.32 Å². The molecule has 0 aromatic heterocycles. The summed E-state index contributed by atoms with van der Waals surface area (Å²) in [5.41, 5.74) is 2.27. The van der Waals surface area contributed by atoms with Gasteiger partial charge in [0.2, 0.25) is 5.91 Å². The number of carbonyl (C=O) groups is 1. The summed E-state index contributed by atoms with van der Waals surface area (Å²) < 4.78 is 5.22. The van der Waals surface area contributed by atoms with Crippen molar-refractivity contribution in [1.29, 1.82) is 0 Å². The Morgan fingerprint density at radius 3 is 2.10 bits per heavy atom. The van der Waals surface area contributed by atoms with Crippen molar-refractivity contribution in [2.24, 2.45) is 0 Å². The van der Waals surface area contributed by atoms with Crippen LogP contribution in [0.2, 0.25) is 0 Å². The van der Waals surface area contributed by atoms with Crippen LogP contribution in [0.1, 0.15) is 17.2 Å². The molecule has 3 rings (SSSR count). The summed E-state index contributed by atoms with van der Waals surface area (Å²) in [6, 6.07) is 23.8. The molecule has 0 radical (unpaired) electrons. The minimum atomic E-state index is -0.512. The van der Waals surface area contributed by atoms with Crippen LogP contribution in [-0.4, -0.2) is 36.4 Å². The highest BCUT2D eigenvalue weighted by Crippen LogP contribution is 2.30. The van der Waals surface area contributed by atoms with Crippen LogP contribution in [-0.2, 0) is 4.79 Å². The van der Waals surface area contributed by atoms with Gasteiger partial charge in [-0.1, -0.05) is 60.7 Å². The highest BCUT2D eigenvalue weighted by molar-refractivity contribution is 5.94. The van der Waals surface area contributed by atoms with Crippen LogP contribution in [0.3, 0.4) is 0 Å². The van der Waals surface area contributed by atoms with Crippen LogP contribution in [0.4, 0.5) is 11.4 Å². The Labute approximate surface area is 175 Å². The van der Waals surface area contributed by atoms with E-state index in [0.717, 1.165) is 11.1 Å². The number of ether oxygens (including phenoxy) is 1. The fourth-order valence-electron chi connectivity index (χ4n) is 3.39. The van der Waals surface area contributed by atoms with E-state index in [0.29, 0.717) is 5.75 Å². The lowest BCUT2D eigenvalue weighted by molar-refractivity contribution is -0.384. The first-order valence-electron chi connectivity index (χ1n) is 9.42. The van der Waals surface area contributed by atoms with Crippen molar-refractivity contribution in [2.45, 2.75) is 6.04 Å². The molecule has 1 N–H and O–H groups in total. The SMILES string of the molecule is COc1ccc([N+](=O)[O-])cc1NC(=O)CN(C)C(c1ccccc1)c1ccccc1. The highest BCUT2D eigenvalue weighted by Gasteiger charge is 2.22. The first kappa shape index (κ1) is 21.0. The maximum Gasteiger partial charge on any atom is 0.271 e. The Hall–Kier alpha value is -3.71. The van der Waals surface area contributed by atoms with Crippen molar-refractivity contribution in [2.75, 3.05) is 26.0 Å². The van der Waals surface area contributed by atoms with Crippen LogP contribution in [0, 0.1) is 10.1 Å². The van der Waals surface area contributed by atoms with Crippen LogP contribution < -0.4 is 10.1 Å². The fourth-order valence-corrected chi connectivity index (χ4v) is 3.39. The number of hydrogen-bond acceptors (Lipinski definition) is 5. The molecule has 0 aliphatic carbocycles. The average molecular weight is 405 g/mol. The number of nitrogens with one attached hydrogen (secondary N) is 1. The van der Waals surface area contributed by atoms with Gasteiger partial charge in [0, 0.05) is 12.1 Å². The summed E-state index contributed by atoms with van der Waals surface area (Å²) in [6.45, 7) is 0.0836. The molecule has 0 heterocycles. The molecule has 0 saturated heterocycles. The lowest BCUT2D eigenvalue weighted by atomic mass is 9.97. The third kappa shape index (κ3) is 5.01. The fraction of sp³-hybridized carbons (Fsp3) is 0.174. The summed E-state index contributed by atoms with van der Waals surface area (Å²) in [6.07, 6.45) is 0. The van der Waals surface area contributed by atoms with Crippen molar-refractivity contribution in [3.63, 3.8) is 0 Å². The number of amides is 1. The van der Waals surface area contributed by atoms with Gasteiger partial charge in [0.05, 0.1) is 30.3 Å². The number of anilines is 1. The summed E-state index contributed by atoms with van der Waals surface area (Å²) in [7, 11) is 3.32. The maximum atomic E-state index is 12.8. The van der Waals surface area contributed by atoms with Gasteiger partial charge in [-0.2, -0.15) is 0 Å². The number of nitro benzene ring substituents is 1. The molecule has 0 aliphatic heterocycles. The van der Waals surface area contributed by atoms with Gasteiger partial charge in [0.25, 0.3) is 5.69 Å². The molecule has 7 heteroatoms. The molecule has 154 valence electrons. The normalized spacial score (nSPS) is 10.8. The van der Waals surface area contributed by atoms with Crippen molar-refractivity contribution >= 4 is 17.3 Å². The van der Waals surface area contributed by atoms with Crippen LogP contribution >= 0.6 is 0 Å². The largest absolute Gasteiger partial charge is 0.495 e. The first-order valence-corrected chi connectivity index (χ1v) is 9.42. The predicted molar refractivity (Wildman–Crippen MR) is 116 cm³/mol. The second-order valence-corrected chi connectivity index (χ2v) is 6.83. The molecular weight excluding hydrogens is 382 g/mol. The number of carbonyl (C=O) groups excluding carboxylic acids is 1. The molecule has 0 atom stereocenters. The zero-order valence-corrected chi connectivity index (χ0v) is 16.8. The van der Waals surface area contributed by atoms with E-state index >= 15 is 0 Å². The summed E-state index contributed by atoms with van der Waals surface area (Å²) in [5.74, 6) is 0.0624. The summed E-state index contributed by atoms with van der Waals surface area (Å²) in [4.78, 5) is 25.2. The minimum Gasteiger partial charge on any atom is -0.495 e. The molecule has 0 saturated carbocycles. The van der Waals surface area contributed by atoms with E-state index in [1.54, 1.807) is 0 Å². The Kier molecular flexibility index (Phi) is 6.77. The number of hydrogen-bond donors (Lipinski definition) is 1. The second kappa shape index (κ2) is 9.67. The third-order valence-electron chi connectivity index (χ3n) is 4.73. The third-order valence-corrected chi connectivity index (χ3v) is 4.73. The maximum absolute atomic E-state index is 12.8. The van der Waals surface area contributed by atoms with E-state index in [9.17, 15) is 14.9 Å². The molecule has 1 amide bonds.